The lowest BCUT2D eigenvalue weighted by Crippen LogP contribution is -2.45. The van der Waals surface area contributed by atoms with Crippen LogP contribution in [0.4, 0.5) is 5.82 Å². The van der Waals surface area contributed by atoms with Crippen LogP contribution in [0.5, 0.6) is 5.75 Å². The third kappa shape index (κ3) is 6.49. The molecule has 0 spiro atoms. The van der Waals surface area contributed by atoms with E-state index in [-0.39, 0.29) is 29.3 Å². The third-order valence-corrected chi connectivity index (χ3v) is 8.24. The number of nitrogens with zero attached hydrogens (tertiary/aromatic N) is 7. The van der Waals surface area contributed by atoms with Gasteiger partial charge in [0.25, 0.3) is 0 Å². The van der Waals surface area contributed by atoms with E-state index in [2.05, 4.69) is 30.1 Å². The summed E-state index contributed by atoms with van der Waals surface area (Å²) in [5.41, 5.74) is 14.0. The molecule has 3 heterocycles. The maximum absolute atomic E-state index is 14.0. The number of aliphatic hydroxyl groups excluding tert-OH is 2. The summed E-state index contributed by atoms with van der Waals surface area (Å²) in [5.74, 6) is -0.591. The van der Waals surface area contributed by atoms with E-state index in [0.717, 1.165) is 5.56 Å². The van der Waals surface area contributed by atoms with Crippen LogP contribution in [-0.4, -0.2) is 66.3 Å². The lowest BCUT2D eigenvalue weighted by Gasteiger charge is -2.29. The van der Waals surface area contributed by atoms with Crippen molar-refractivity contribution in [3.8, 4) is 5.75 Å². The average Bonchev–Trinajstić information content (AvgIpc) is 3.56. The zero-order valence-electron chi connectivity index (χ0n) is 23.2. The van der Waals surface area contributed by atoms with Crippen molar-refractivity contribution < 1.29 is 38.1 Å². The lowest BCUT2D eigenvalue weighted by atomic mass is 10.1. The van der Waals surface area contributed by atoms with Crippen molar-refractivity contribution in [3.05, 3.63) is 89.3 Å². The fourth-order valence-electron chi connectivity index (χ4n) is 4.39. The van der Waals surface area contributed by atoms with Crippen LogP contribution in [0.2, 0.25) is 0 Å². The van der Waals surface area contributed by atoms with Crippen molar-refractivity contribution in [3.63, 3.8) is 0 Å². The van der Waals surface area contributed by atoms with E-state index in [1.807, 2.05) is 6.07 Å². The molecule has 0 aliphatic carbocycles. The van der Waals surface area contributed by atoms with E-state index < -0.39 is 50.5 Å². The number of azide groups is 1. The molecule has 230 valence electrons. The van der Waals surface area contributed by atoms with Crippen LogP contribution in [0.25, 0.3) is 21.6 Å². The molecule has 1 aliphatic heterocycles. The number of hydrogen-bond donors (Lipinski definition) is 4. The number of ether oxygens (including phenoxy) is 2. The van der Waals surface area contributed by atoms with Crippen LogP contribution >= 0.6 is 7.75 Å². The van der Waals surface area contributed by atoms with E-state index in [9.17, 15) is 25.1 Å². The molecule has 4 aromatic rings. The molecule has 1 saturated heterocycles. The number of nitrogens with one attached hydrogen (secondary N) is 1. The Bertz CT molecular complexity index is 1710. The van der Waals surface area contributed by atoms with Crippen molar-refractivity contribution >= 4 is 30.7 Å². The maximum Gasteiger partial charge on any atom is 0.459 e. The van der Waals surface area contributed by atoms with Crippen molar-refractivity contribution in [2.75, 3.05) is 12.3 Å². The molecule has 5 N–H and O–H groups in total. The second kappa shape index (κ2) is 13.0. The number of carbonyl (C=O) groups is 1. The van der Waals surface area contributed by atoms with E-state index in [4.69, 9.17) is 24.3 Å². The van der Waals surface area contributed by atoms with Crippen molar-refractivity contribution in [2.45, 2.75) is 43.7 Å². The molecular formula is C26H28N9O8P. The number of para-hydroxylation sites is 1. The molecule has 2 aromatic carbocycles. The Balaban J connectivity index is 1.37. The Hall–Kier alpha value is -4.60. The Labute approximate surface area is 249 Å². The minimum atomic E-state index is -4.50. The number of nitrogens with two attached hydrogens (primary N) is 1. The van der Waals surface area contributed by atoms with Gasteiger partial charge in [-0.2, -0.15) is 5.09 Å². The van der Waals surface area contributed by atoms with Crippen molar-refractivity contribution in [2.24, 2.45) is 5.11 Å². The lowest BCUT2D eigenvalue weighted by molar-refractivity contribution is -0.146. The molecular weight excluding hydrogens is 597 g/mol. The normalized spacial score (nSPS) is 23.4. The molecule has 1 aliphatic rings. The van der Waals surface area contributed by atoms with Crippen LogP contribution in [0.3, 0.4) is 0 Å². The Morgan fingerprint density at radius 1 is 1.20 bits per heavy atom. The summed E-state index contributed by atoms with van der Waals surface area (Å²) in [6, 6.07) is 15.7. The number of aromatic nitrogens is 4. The number of rotatable bonds is 12. The summed E-state index contributed by atoms with van der Waals surface area (Å²) < 4.78 is 37.8. The first-order valence-corrected chi connectivity index (χ1v) is 14.7. The number of fused-ring (bicyclic) bond motifs is 1. The Morgan fingerprint density at radius 2 is 1.91 bits per heavy atom. The summed E-state index contributed by atoms with van der Waals surface area (Å²) >= 11 is 0. The topological polar surface area (TPSA) is 242 Å². The van der Waals surface area contributed by atoms with Gasteiger partial charge in [0.15, 0.2) is 17.7 Å². The number of esters is 1. The van der Waals surface area contributed by atoms with Gasteiger partial charge in [-0.15, -0.1) is 0 Å². The van der Waals surface area contributed by atoms with Gasteiger partial charge in [-0.3, -0.25) is 13.9 Å². The standard InChI is InChI=1S/C26H28N9O8P/c1-16(25(38)40-12-17-8-4-2-5-9-17)32-44(39,43-18-10-6-3-7-11-18)41-13-26(33-34-28)21(37)20(36)24(42-26)35-15-31-19-22(27)29-14-30-23(19)35/h2-11,14-16,20-21,24,36-37H,12-13H2,1H3,(H,32,39)(H2,27,29,30)/t16-,20+,21-,24+,26?,44?/m0/s1. The van der Waals surface area contributed by atoms with Gasteiger partial charge in [0.1, 0.15) is 42.5 Å². The van der Waals surface area contributed by atoms with Gasteiger partial charge >= 0.3 is 13.7 Å². The number of anilines is 1. The van der Waals surface area contributed by atoms with E-state index in [0.29, 0.717) is 0 Å². The summed E-state index contributed by atoms with van der Waals surface area (Å²) in [7, 11) is -4.50. The zero-order chi connectivity index (χ0) is 31.3. The van der Waals surface area contributed by atoms with Gasteiger partial charge in [-0.05, 0) is 30.2 Å². The van der Waals surface area contributed by atoms with Crippen LogP contribution in [0.1, 0.15) is 18.7 Å². The highest BCUT2D eigenvalue weighted by Gasteiger charge is 2.56. The van der Waals surface area contributed by atoms with Gasteiger partial charge in [-0.25, -0.2) is 19.5 Å². The monoisotopic (exact) mass is 625 g/mol. The second-order valence-electron chi connectivity index (χ2n) is 9.68. The number of nitrogen functional groups attached to an aromatic ring is 1. The highest BCUT2D eigenvalue weighted by molar-refractivity contribution is 7.52. The number of hydrogen-bond acceptors (Lipinski definition) is 13. The minimum absolute atomic E-state index is 0.0325. The summed E-state index contributed by atoms with van der Waals surface area (Å²) in [6.45, 7) is 0.465. The first-order valence-electron chi connectivity index (χ1n) is 13.2. The third-order valence-electron chi connectivity index (χ3n) is 6.62. The average molecular weight is 626 g/mol. The molecule has 0 amide bonds. The highest BCUT2D eigenvalue weighted by atomic mass is 31.2. The SMILES string of the molecule is C[C@H](NP(=O)(OCC1(N=[N+]=[N-])O[C@@H](n2cnc3c(N)ncnc32)[C@H](O)[C@@H]1O)Oc1ccccc1)C(=O)OCc1ccccc1. The van der Waals surface area contributed by atoms with Crippen molar-refractivity contribution in [1.82, 2.24) is 24.6 Å². The molecule has 18 heteroatoms. The summed E-state index contributed by atoms with van der Waals surface area (Å²) in [6.07, 6.45) is -2.57. The minimum Gasteiger partial charge on any atom is -0.460 e. The molecule has 0 bridgehead atoms. The molecule has 0 saturated carbocycles. The fraction of sp³-hybridized carbons (Fsp3) is 0.308. The quantitative estimate of drug-likeness (QED) is 0.0582. The Morgan fingerprint density at radius 3 is 2.61 bits per heavy atom. The molecule has 2 aromatic heterocycles. The molecule has 17 nitrogen and oxygen atoms in total. The van der Waals surface area contributed by atoms with Gasteiger partial charge in [0.2, 0.25) is 5.72 Å². The van der Waals surface area contributed by atoms with Crippen LogP contribution in [0, 0.1) is 0 Å². The maximum atomic E-state index is 14.0. The fourth-order valence-corrected chi connectivity index (χ4v) is 5.90. The van der Waals surface area contributed by atoms with Crippen LogP contribution in [-0.2, 0) is 30.0 Å². The predicted molar refractivity (Wildman–Crippen MR) is 153 cm³/mol. The molecule has 6 atom stereocenters. The molecule has 44 heavy (non-hydrogen) atoms. The first-order chi connectivity index (χ1) is 21.1. The van der Waals surface area contributed by atoms with Gasteiger partial charge in [0.05, 0.1) is 12.9 Å². The molecule has 1 fully saturated rings. The Kier molecular flexibility index (Phi) is 9.08. The van der Waals surface area contributed by atoms with Gasteiger partial charge < -0.3 is 29.9 Å². The smallest absolute Gasteiger partial charge is 0.459 e. The predicted octanol–water partition coefficient (Wildman–Crippen LogP) is 2.59. The number of imidazole rings is 1. The molecule has 0 radical (unpaired) electrons. The number of carbonyl (C=O) groups excluding carboxylic acids is 1. The van der Waals surface area contributed by atoms with Gasteiger partial charge in [-0.1, -0.05) is 53.6 Å². The summed E-state index contributed by atoms with van der Waals surface area (Å²) in [5, 5.41) is 28.1. The van der Waals surface area contributed by atoms with Crippen LogP contribution < -0.4 is 15.3 Å². The number of aliphatic hydroxyl groups is 2. The van der Waals surface area contributed by atoms with E-state index >= 15 is 0 Å². The van der Waals surface area contributed by atoms with Crippen molar-refractivity contribution in [1.29, 1.82) is 0 Å². The van der Waals surface area contributed by atoms with Crippen LogP contribution in [0.15, 0.2) is 78.4 Å². The largest absolute Gasteiger partial charge is 0.460 e. The molecule has 2 unspecified atom stereocenters. The van der Waals surface area contributed by atoms with E-state index in [1.54, 1.807) is 42.5 Å². The molecule has 5 rings (SSSR count). The number of benzene rings is 2. The van der Waals surface area contributed by atoms with E-state index in [1.165, 1.54) is 36.3 Å². The first kappa shape index (κ1) is 30.8. The second-order valence-corrected chi connectivity index (χ2v) is 11.4. The summed E-state index contributed by atoms with van der Waals surface area (Å²) in [4.78, 5) is 27.6. The van der Waals surface area contributed by atoms with Gasteiger partial charge in [0, 0.05) is 4.91 Å². The zero-order valence-corrected chi connectivity index (χ0v) is 24.0. The highest BCUT2D eigenvalue weighted by Crippen LogP contribution is 2.48.